The van der Waals surface area contributed by atoms with Crippen LogP contribution in [0, 0.1) is 0 Å². The minimum absolute atomic E-state index is 0.654. The van der Waals surface area contributed by atoms with Crippen LogP contribution in [0.1, 0.15) is 5.56 Å². The number of benzene rings is 10. The number of hydrogen-bond donors (Lipinski definition) is 0. The SMILES string of the molecule is FC(F)(F)c1ccc(-c2c3ccccc3c(-c3ccc(-c4c5ccccc5c(-c5ccccc5)c5cc(-c6ccccc6)ccc45)cc3)c3ccccc23)cc1. The number of halogens is 3. The second-order valence-electron chi connectivity index (χ2n) is 14.3. The number of rotatable bonds is 5. The van der Waals surface area contributed by atoms with Gasteiger partial charge in [0.2, 0.25) is 0 Å². The zero-order valence-electron chi connectivity index (χ0n) is 30.2. The Balaban J connectivity index is 1.18. The van der Waals surface area contributed by atoms with Crippen molar-refractivity contribution in [1.82, 2.24) is 0 Å². The number of fused-ring (bicyclic) bond motifs is 4. The molecule has 56 heavy (non-hydrogen) atoms. The summed E-state index contributed by atoms with van der Waals surface area (Å²) in [5.74, 6) is 0. The second-order valence-corrected chi connectivity index (χ2v) is 14.3. The highest BCUT2D eigenvalue weighted by Gasteiger charge is 2.30. The Morgan fingerprint density at radius 1 is 0.232 bits per heavy atom. The molecule has 0 aromatic heterocycles. The first-order chi connectivity index (χ1) is 27.4. The predicted octanol–water partition coefficient (Wildman–Crippen LogP) is 15.7. The highest BCUT2D eigenvalue weighted by Crippen LogP contribution is 2.47. The molecule has 3 heteroatoms. The Morgan fingerprint density at radius 2 is 0.518 bits per heavy atom. The minimum Gasteiger partial charge on any atom is -0.166 e. The fraction of sp³-hybridized carbons (Fsp3) is 0.0189. The molecule has 0 aliphatic rings. The number of hydrogen-bond acceptors (Lipinski definition) is 0. The molecular formula is C53H33F3. The summed E-state index contributed by atoms with van der Waals surface area (Å²) in [7, 11) is 0. The van der Waals surface area contributed by atoms with Crippen LogP contribution < -0.4 is 0 Å². The third kappa shape index (κ3) is 5.63. The lowest BCUT2D eigenvalue weighted by Crippen LogP contribution is -2.04. The maximum absolute atomic E-state index is 13.5. The highest BCUT2D eigenvalue weighted by molar-refractivity contribution is 6.23. The summed E-state index contributed by atoms with van der Waals surface area (Å²) in [4.78, 5) is 0. The highest BCUT2D eigenvalue weighted by atomic mass is 19.4. The van der Waals surface area contributed by atoms with E-state index in [1.165, 1.54) is 61.5 Å². The van der Waals surface area contributed by atoms with Gasteiger partial charge in [0.25, 0.3) is 0 Å². The van der Waals surface area contributed by atoms with Crippen LogP contribution in [0.2, 0.25) is 0 Å². The lowest BCUT2D eigenvalue weighted by Gasteiger charge is -2.20. The Morgan fingerprint density at radius 3 is 0.911 bits per heavy atom. The van der Waals surface area contributed by atoms with Crippen molar-refractivity contribution < 1.29 is 13.2 Å². The standard InChI is InChI=1S/C53H33F3/c54-53(55,56)40-30-27-38(28-31-40)50-43-19-9-7-17-41(43)49(42-18-8-10-20-44(42)50)36-23-25-37(26-24-36)51-45-21-11-12-22-46(45)52(35-15-5-2-6-16-35)48-33-39(29-32-47(48)51)34-13-3-1-4-14-34/h1-33H. The van der Waals surface area contributed by atoms with Crippen LogP contribution in [0.25, 0.3) is 98.7 Å². The van der Waals surface area contributed by atoms with Gasteiger partial charge in [-0.05, 0) is 117 Å². The molecule has 0 aliphatic carbocycles. The molecule has 0 spiro atoms. The summed E-state index contributed by atoms with van der Waals surface area (Å²) >= 11 is 0. The third-order valence-electron chi connectivity index (χ3n) is 11.1. The molecule has 266 valence electrons. The molecule has 10 rings (SSSR count). The summed E-state index contributed by atoms with van der Waals surface area (Å²) in [6.45, 7) is 0. The summed E-state index contributed by atoms with van der Waals surface area (Å²) < 4.78 is 40.6. The van der Waals surface area contributed by atoms with E-state index in [-0.39, 0.29) is 0 Å². The maximum Gasteiger partial charge on any atom is 0.416 e. The first kappa shape index (κ1) is 33.6. The zero-order chi connectivity index (χ0) is 37.8. The predicted molar refractivity (Wildman–Crippen MR) is 229 cm³/mol. The second kappa shape index (κ2) is 13.4. The van der Waals surface area contributed by atoms with Gasteiger partial charge in [-0.25, -0.2) is 0 Å². The van der Waals surface area contributed by atoms with Gasteiger partial charge in [0, 0.05) is 0 Å². The third-order valence-corrected chi connectivity index (χ3v) is 11.1. The van der Waals surface area contributed by atoms with Crippen molar-refractivity contribution in [1.29, 1.82) is 0 Å². The number of alkyl halides is 3. The van der Waals surface area contributed by atoms with Gasteiger partial charge < -0.3 is 0 Å². The van der Waals surface area contributed by atoms with Gasteiger partial charge in [0.05, 0.1) is 5.56 Å². The monoisotopic (exact) mass is 726 g/mol. The van der Waals surface area contributed by atoms with Gasteiger partial charge in [-0.2, -0.15) is 13.2 Å². The van der Waals surface area contributed by atoms with E-state index in [1.54, 1.807) is 12.1 Å². The molecule has 10 aromatic carbocycles. The Kier molecular flexibility index (Phi) is 8.04. The largest absolute Gasteiger partial charge is 0.416 e. The molecule has 10 aromatic rings. The maximum atomic E-state index is 13.5. The summed E-state index contributed by atoms with van der Waals surface area (Å²) in [6, 6.07) is 67.6. The van der Waals surface area contributed by atoms with E-state index < -0.39 is 11.7 Å². The lowest BCUT2D eigenvalue weighted by molar-refractivity contribution is -0.137. The molecule has 0 saturated carbocycles. The Bertz CT molecular complexity index is 3010. The van der Waals surface area contributed by atoms with E-state index in [9.17, 15) is 13.2 Å². The fourth-order valence-electron chi connectivity index (χ4n) is 8.60. The average molecular weight is 727 g/mol. The molecular weight excluding hydrogens is 694 g/mol. The van der Waals surface area contributed by atoms with Gasteiger partial charge in [-0.15, -0.1) is 0 Å². The molecule has 0 saturated heterocycles. The van der Waals surface area contributed by atoms with Gasteiger partial charge >= 0.3 is 6.18 Å². The van der Waals surface area contributed by atoms with Gasteiger partial charge in [0.1, 0.15) is 0 Å². The van der Waals surface area contributed by atoms with Crippen molar-refractivity contribution >= 4 is 43.1 Å². The normalized spacial score (nSPS) is 11.8. The molecule has 0 atom stereocenters. The molecule has 0 unspecified atom stereocenters. The Hall–Kier alpha value is -6.97. The van der Waals surface area contributed by atoms with Crippen molar-refractivity contribution in [3.63, 3.8) is 0 Å². The van der Waals surface area contributed by atoms with E-state index in [4.69, 9.17) is 0 Å². The molecule has 0 amide bonds. The van der Waals surface area contributed by atoms with E-state index in [0.717, 1.165) is 49.4 Å². The van der Waals surface area contributed by atoms with Gasteiger partial charge in [-0.3, -0.25) is 0 Å². The average Bonchev–Trinajstić information content (AvgIpc) is 3.25. The summed E-state index contributed by atoms with van der Waals surface area (Å²) in [6.07, 6.45) is -4.40. The van der Waals surface area contributed by atoms with Crippen LogP contribution in [0.3, 0.4) is 0 Å². The van der Waals surface area contributed by atoms with Crippen LogP contribution in [0.5, 0.6) is 0 Å². The quantitative estimate of drug-likeness (QED) is 0.155. The molecule has 0 aliphatic heterocycles. The molecule has 0 heterocycles. The summed E-state index contributed by atoms with van der Waals surface area (Å²) in [5.41, 5.74) is 10.3. The molecule has 0 radical (unpaired) electrons. The van der Waals surface area contributed by atoms with Crippen molar-refractivity contribution in [3.05, 3.63) is 206 Å². The fourth-order valence-corrected chi connectivity index (χ4v) is 8.60. The van der Waals surface area contributed by atoms with Crippen LogP contribution in [0.15, 0.2) is 200 Å². The van der Waals surface area contributed by atoms with Gasteiger partial charge in [0.15, 0.2) is 0 Å². The molecule has 0 N–H and O–H groups in total. The van der Waals surface area contributed by atoms with Crippen molar-refractivity contribution in [2.75, 3.05) is 0 Å². The van der Waals surface area contributed by atoms with Crippen LogP contribution in [0.4, 0.5) is 13.2 Å². The Labute approximate surface area is 322 Å². The first-order valence-corrected chi connectivity index (χ1v) is 18.8. The minimum atomic E-state index is -4.40. The van der Waals surface area contributed by atoms with E-state index in [1.807, 2.05) is 24.3 Å². The van der Waals surface area contributed by atoms with Crippen molar-refractivity contribution in [2.24, 2.45) is 0 Å². The van der Waals surface area contributed by atoms with E-state index >= 15 is 0 Å². The van der Waals surface area contributed by atoms with Crippen LogP contribution >= 0.6 is 0 Å². The molecule has 0 nitrogen and oxygen atoms in total. The van der Waals surface area contributed by atoms with Gasteiger partial charge in [-0.1, -0.05) is 182 Å². The first-order valence-electron chi connectivity index (χ1n) is 18.8. The van der Waals surface area contributed by atoms with Crippen LogP contribution in [-0.4, -0.2) is 0 Å². The van der Waals surface area contributed by atoms with Crippen molar-refractivity contribution in [2.45, 2.75) is 6.18 Å². The van der Waals surface area contributed by atoms with E-state index in [2.05, 4.69) is 152 Å². The smallest absolute Gasteiger partial charge is 0.166 e. The summed E-state index contributed by atoms with van der Waals surface area (Å²) in [5, 5.41) is 8.86. The lowest BCUT2D eigenvalue weighted by atomic mass is 9.83. The topological polar surface area (TPSA) is 0 Å². The van der Waals surface area contributed by atoms with E-state index in [0.29, 0.717) is 0 Å². The molecule has 0 fully saturated rings. The zero-order valence-corrected chi connectivity index (χ0v) is 30.2. The van der Waals surface area contributed by atoms with Crippen molar-refractivity contribution in [3.8, 4) is 55.6 Å². The molecule has 0 bridgehead atoms. The van der Waals surface area contributed by atoms with Crippen LogP contribution in [-0.2, 0) is 6.18 Å².